The number of rotatable bonds is 0. The van der Waals surface area contributed by atoms with Gasteiger partial charge in [-0.3, -0.25) is 4.79 Å². The Kier molecular flexibility index (Phi) is 1.98. The van der Waals surface area contributed by atoms with Crippen molar-refractivity contribution in [1.29, 1.82) is 0 Å². The number of hydrogen-bond acceptors (Lipinski definition) is 3. The van der Waals surface area contributed by atoms with Crippen molar-refractivity contribution in [2.24, 2.45) is 0 Å². The van der Waals surface area contributed by atoms with Crippen LogP contribution in [0, 0.1) is 0 Å². The van der Waals surface area contributed by atoms with E-state index in [1.807, 2.05) is 6.07 Å². The molecule has 66 valence electrons. The normalized spacial score (nSPS) is 10.5. The molecule has 1 heterocycles. The first-order valence-electron chi connectivity index (χ1n) is 3.60. The van der Waals surface area contributed by atoms with Crippen molar-refractivity contribution in [3.63, 3.8) is 0 Å². The molecule has 0 radical (unpaired) electrons. The van der Waals surface area contributed by atoms with Gasteiger partial charge in [-0.25, -0.2) is 0 Å². The van der Waals surface area contributed by atoms with Crippen molar-refractivity contribution >= 4 is 33.0 Å². The van der Waals surface area contributed by atoms with Gasteiger partial charge in [-0.2, -0.15) is 0 Å². The standard InChI is InChI=1S/C9H5ClO2S/c10-7-8(11)5-3-1-2-4-6(5)13-9(7)12/h1-4,12H. The molecule has 1 N–H and O–H groups in total. The fraction of sp³-hybridized carbons (Fsp3) is 0. The van der Waals surface area contributed by atoms with E-state index in [1.165, 1.54) is 0 Å². The average Bonchev–Trinajstić information content (AvgIpc) is 2.15. The van der Waals surface area contributed by atoms with Crippen molar-refractivity contribution in [2.45, 2.75) is 0 Å². The summed E-state index contributed by atoms with van der Waals surface area (Å²) in [6.07, 6.45) is 0. The SMILES string of the molecule is O=c1c(Cl)c(O)sc2ccccc12. The van der Waals surface area contributed by atoms with Gasteiger partial charge in [0.25, 0.3) is 0 Å². The molecule has 2 aromatic rings. The van der Waals surface area contributed by atoms with Gasteiger partial charge in [0, 0.05) is 10.1 Å². The van der Waals surface area contributed by atoms with Crippen LogP contribution >= 0.6 is 22.9 Å². The molecule has 0 fully saturated rings. The zero-order chi connectivity index (χ0) is 9.42. The predicted octanol–water partition coefficient (Wildman–Crippen LogP) is 2.62. The van der Waals surface area contributed by atoms with Gasteiger partial charge in [-0.15, -0.1) is 0 Å². The summed E-state index contributed by atoms with van der Waals surface area (Å²) in [7, 11) is 0. The van der Waals surface area contributed by atoms with E-state index in [4.69, 9.17) is 11.6 Å². The molecule has 1 aromatic carbocycles. The summed E-state index contributed by atoms with van der Waals surface area (Å²) in [5.41, 5.74) is -0.312. The largest absolute Gasteiger partial charge is 0.498 e. The molecular formula is C9H5ClO2S. The molecule has 0 amide bonds. The molecule has 1 aromatic heterocycles. The van der Waals surface area contributed by atoms with Crippen LogP contribution in [0.5, 0.6) is 5.06 Å². The Bertz CT molecular complexity index is 518. The van der Waals surface area contributed by atoms with Gasteiger partial charge in [0.2, 0.25) is 5.43 Å². The molecule has 0 saturated heterocycles. The lowest BCUT2D eigenvalue weighted by Gasteiger charge is -1.97. The molecule has 13 heavy (non-hydrogen) atoms. The van der Waals surface area contributed by atoms with E-state index in [-0.39, 0.29) is 15.5 Å². The maximum absolute atomic E-state index is 11.5. The molecule has 0 aliphatic carbocycles. The minimum atomic E-state index is -0.312. The summed E-state index contributed by atoms with van der Waals surface area (Å²) in [6, 6.07) is 7.05. The Labute approximate surface area is 83.0 Å². The second-order valence-corrected chi connectivity index (χ2v) is 3.96. The van der Waals surface area contributed by atoms with Gasteiger partial charge < -0.3 is 5.11 Å². The van der Waals surface area contributed by atoms with Crippen molar-refractivity contribution in [3.05, 3.63) is 39.5 Å². The molecule has 0 spiro atoms. The zero-order valence-corrected chi connectivity index (χ0v) is 8.02. The van der Waals surface area contributed by atoms with Crippen molar-refractivity contribution < 1.29 is 5.11 Å². The molecule has 0 unspecified atom stereocenters. The molecule has 2 rings (SSSR count). The first-order chi connectivity index (χ1) is 6.20. The Morgan fingerprint density at radius 2 is 2.00 bits per heavy atom. The van der Waals surface area contributed by atoms with Gasteiger partial charge in [-0.05, 0) is 12.1 Å². The van der Waals surface area contributed by atoms with Crippen LogP contribution in [0.4, 0.5) is 0 Å². The molecule has 0 bridgehead atoms. The molecule has 0 aliphatic heterocycles. The van der Waals surface area contributed by atoms with Gasteiger partial charge in [-0.1, -0.05) is 35.1 Å². The maximum Gasteiger partial charge on any atom is 0.210 e. The Morgan fingerprint density at radius 3 is 2.77 bits per heavy atom. The summed E-state index contributed by atoms with van der Waals surface area (Å²) in [5, 5.41) is 9.62. The van der Waals surface area contributed by atoms with Gasteiger partial charge in [0.1, 0.15) is 5.02 Å². The zero-order valence-electron chi connectivity index (χ0n) is 6.45. The van der Waals surface area contributed by atoms with Crippen molar-refractivity contribution in [3.8, 4) is 5.06 Å². The molecular weight excluding hydrogens is 208 g/mol. The summed E-state index contributed by atoms with van der Waals surface area (Å²) < 4.78 is 0.745. The monoisotopic (exact) mass is 212 g/mol. The van der Waals surface area contributed by atoms with Crippen LogP contribution < -0.4 is 5.43 Å². The number of halogens is 1. The third-order valence-electron chi connectivity index (χ3n) is 1.73. The smallest absolute Gasteiger partial charge is 0.210 e. The minimum absolute atomic E-state index is 0.0938. The second kappa shape index (κ2) is 3.01. The lowest BCUT2D eigenvalue weighted by molar-refractivity contribution is 0.490. The highest BCUT2D eigenvalue weighted by Crippen LogP contribution is 2.29. The number of fused-ring (bicyclic) bond motifs is 1. The third-order valence-corrected chi connectivity index (χ3v) is 3.16. The topological polar surface area (TPSA) is 37.3 Å². The number of benzene rings is 1. The highest BCUT2D eigenvalue weighted by Gasteiger charge is 2.08. The Morgan fingerprint density at radius 1 is 1.31 bits per heavy atom. The van der Waals surface area contributed by atoms with E-state index in [1.54, 1.807) is 18.2 Å². The molecule has 4 heteroatoms. The fourth-order valence-corrected chi connectivity index (χ4v) is 2.13. The van der Waals surface area contributed by atoms with Crippen LogP contribution in [0.25, 0.3) is 10.1 Å². The fourth-order valence-electron chi connectivity index (χ4n) is 1.11. The number of hydrogen-bond donors (Lipinski definition) is 1. The average molecular weight is 213 g/mol. The lowest BCUT2D eigenvalue weighted by atomic mass is 10.2. The van der Waals surface area contributed by atoms with Gasteiger partial charge in [0.05, 0.1) is 0 Å². The van der Waals surface area contributed by atoms with Crippen LogP contribution in [0.2, 0.25) is 5.02 Å². The second-order valence-electron chi connectivity index (χ2n) is 2.55. The molecule has 0 aliphatic rings. The first kappa shape index (κ1) is 8.53. The highest BCUT2D eigenvalue weighted by molar-refractivity contribution is 7.20. The van der Waals surface area contributed by atoms with Crippen LogP contribution in [0.15, 0.2) is 29.1 Å². The molecule has 0 saturated carbocycles. The molecule has 0 atom stereocenters. The molecule has 2 nitrogen and oxygen atoms in total. The quantitative estimate of drug-likeness (QED) is 0.729. The first-order valence-corrected chi connectivity index (χ1v) is 4.80. The van der Waals surface area contributed by atoms with E-state index in [9.17, 15) is 9.90 Å². The van der Waals surface area contributed by atoms with Gasteiger partial charge >= 0.3 is 0 Å². The van der Waals surface area contributed by atoms with Crippen LogP contribution in [-0.2, 0) is 0 Å². The maximum atomic E-state index is 11.5. The summed E-state index contributed by atoms with van der Waals surface area (Å²) in [4.78, 5) is 11.5. The van der Waals surface area contributed by atoms with Crippen LogP contribution in [0.3, 0.4) is 0 Å². The predicted molar refractivity (Wildman–Crippen MR) is 54.8 cm³/mol. The summed E-state index contributed by atoms with van der Waals surface area (Å²) >= 11 is 6.71. The Balaban J connectivity index is 3.03. The summed E-state index contributed by atoms with van der Waals surface area (Å²) in [5.74, 6) is 0. The lowest BCUT2D eigenvalue weighted by Crippen LogP contribution is -1.99. The third kappa shape index (κ3) is 1.30. The van der Waals surface area contributed by atoms with Gasteiger partial charge in [0.15, 0.2) is 5.06 Å². The van der Waals surface area contributed by atoms with E-state index < -0.39 is 0 Å². The van der Waals surface area contributed by atoms with Crippen LogP contribution in [0.1, 0.15) is 0 Å². The van der Waals surface area contributed by atoms with E-state index in [2.05, 4.69) is 0 Å². The summed E-state index contributed by atoms with van der Waals surface area (Å²) in [6.45, 7) is 0. The van der Waals surface area contributed by atoms with E-state index in [0.29, 0.717) is 5.39 Å². The van der Waals surface area contributed by atoms with E-state index in [0.717, 1.165) is 16.0 Å². The van der Waals surface area contributed by atoms with Crippen molar-refractivity contribution in [1.82, 2.24) is 0 Å². The number of aromatic hydroxyl groups is 1. The van der Waals surface area contributed by atoms with E-state index >= 15 is 0 Å². The van der Waals surface area contributed by atoms with Crippen LogP contribution in [-0.4, -0.2) is 5.11 Å². The minimum Gasteiger partial charge on any atom is -0.498 e. The highest BCUT2D eigenvalue weighted by atomic mass is 35.5. The Hall–Kier alpha value is -1.06. The van der Waals surface area contributed by atoms with Crippen molar-refractivity contribution in [2.75, 3.05) is 0 Å².